The Balaban J connectivity index is 2.97. The number of thiocarbonyl (C=S) groups is 1. The van der Waals surface area contributed by atoms with Crippen LogP contribution in [0.25, 0.3) is 0 Å². The van der Waals surface area contributed by atoms with Crippen molar-refractivity contribution in [2.75, 3.05) is 0 Å². The lowest BCUT2D eigenvalue weighted by atomic mass is 10.6. The first-order valence-corrected chi connectivity index (χ1v) is 2.56. The smallest absolute Gasteiger partial charge is 0.172 e. The lowest BCUT2D eigenvalue weighted by Gasteiger charge is -1.80. The second kappa shape index (κ2) is 2.96. The molecule has 0 amide bonds. The van der Waals surface area contributed by atoms with Gasteiger partial charge in [0, 0.05) is 6.07 Å². The molecule has 0 bridgehead atoms. The maximum absolute atomic E-state index is 4.33. The van der Waals surface area contributed by atoms with Gasteiger partial charge in [0.15, 0.2) is 5.82 Å². The molecule has 1 rings (SSSR count). The first-order chi connectivity index (χ1) is 4.43. The highest BCUT2D eigenvalue weighted by atomic mass is 32.1. The van der Waals surface area contributed by atoms with Crippen molar-refractivity contribution >= 4 is 23.2 Å². The van der Waals surface area contributed by atoms with E-state index in [1.54, 1.807) is 6.07 Å². The Morgan fingerprint density at radius 1 is 1.67 bits per heavy atom. The molecule has 44 valence electrons. The first-order valence-electron chi connectivity index (χ1n) is 2.16. The molecule has 0 saturated carbocycles. The summed E-state index contributed by atoms with van der Waals surface area (Å²) in [5.74, 6) is 0.431. The predicted molar refractivity (Wildman–Crippen MR) is 34.5 cm³/mol. The van der Waals surface area contributed by atoms with Crippen molar-refractivity contribution in [1.82, 2.24) is 15.4 Å². The number of rotatable bonds is 1. The molecule has 0 N–H and O–H groups in total. The van der Waals surface area contributed by atoms with E-state index in [9.17, 15) is 0 Å². The van der Waals surface area contributed by atoms with Crippen LogP contribution in [0.1, 0.15) is 0 Å². The number of hydrogen-bond donors (Lipinski definition) is 0. The third-order valence-electron chi connectivity index (χ3n) is 0.649. The number of nitrogens with zero attached hydrogens (tertiary/aromatic N) is 4. The summed E-state index contributed by atoms with van der Waals surface area (Å²) in [4.78, 5) is 3.56. The minimum Gasteiger partial charge on any atom is -0.172 e. The monoisotopic (exact) mass is 138 g/mol. The Labute approximate surface area is 56.6 Å². The molecule has 0 aromatic carbocycles. The van der Waals surface area contributed by atoms with Crippen molar-refractivity contribution in [3.05, 3.63) is 12.3 Å². The van der Waals surface area contributed by atoms with E-state index in [1.807, 2.05) is 0 Å². The van der Waals surface area contributed by atoms with Gasteiger partial charge in [-0.1, -0.05) is 0 Å². The van der Waals surface area contributed by atoms with Crippen LogP contribution in [-0.2, 0) is 0 Å². The van der Waals surface area contributed by atoms with E-state index in [0.29, 0.717) is 5.82 Å². The molecule has 0 aliphatic rings. The molecule has 0 fully saturated rings. The van der Waals surface area contributed by atoms with Crippen molar-refractivity contribution < 1.29 is 0 Å². The molecule has 1 aromatic rings. The van der Waals surface area contributed by atoms with Crippen molar-refractivity contribution in [1.29, 1.82) is 0 Å². The summed E-state index contributed by atoms with van der Waals surface area (Å²) in [5.41, 5.74) is 0. The Hall–Kier alpha value is -1.19. The van der Waals surface area contributed by atoms with Crippen LogP contribution >= 0.6 is 12.2 Å². The minimum absolute atomic E-state index is 0.431. The average Bonchev–Trinajstić information content (AvgIpc) is 1.91. The maximum Gasteiger partial charge on any atom is 0.188 e. The van der Waals surface area contributed by atoms with Gasteiger partial charge in [-0.05, 0) is 17.4 Å². The van der Waals surface area contributed by atoms with Crippen LogP contribution < -0.4 is 0 Å². The quantitative estimate of drug-likeness (QED) is 0.421. The van der Waals surface area contributed by atoms with E-state index < -0.39 is 0 Å². The van der Waals surface area contributed by atoms with Gasteiger partial charge < -0.3 is 0 Å². The van der Waals surface area contributed by atoms with Crippen molar-refractivity contribution in [3.63, 3.8) is 0 Å². The second-order valence-electron chi connectivity index (χ2n) is 1.18. The fourth-order valence-electron chi connectivity index (χ4n) is 0.341. The van der Waals surface area contributed by atoms with Crippen LogP contribution in [0.4, 0.5) is 5.82 Å². The largest absolute Gasteiger partial charge is 0.188 e. The summed E-state index contributed by atoms with van der Waals surface area (Å²) in [6.45, 7) is 0. The summed E-state index contributed by atoms with van der Waals surface area (Å²) in [5, 5.41) is 12.4. The Kier molecular flexibility index (Phi) is 1.95. The fraction of sp³-hybridized carbons (Fsp3) is 0. The molecule has 0 aliphatic heterocycles. The second-order valence-corrected chi connectivity index (χ2v) is 1.36. The molecule has 9 heavy (non-hydrogen) atoms. The topological polar surface area (TPSA) is 51.0 Å². The van der Waals surface area contributed by atoms with Crippen LogP contribution in [0, 0.1) is 0 Å². The maximum atomic E-state index is 4.33. The molecule has 0 spiro atoms. The third-order valence-corrected chi connectivity index (χ3v) is 0.741. The first kappa shape index (κ1) is 5.94. The fourth-order valence-corrected chi connectivity index (χ4v) is 0.435. The van der Waals surface area contributed by atoms with Crippen LogP contribution in [0.2, 0.25) is 0 Å². The summed E-state index contributed by atoms with van der Waals surface area (Å²) < 4.78 is 0. The molecule has 0 saturated heterocycles. The Bertz CT molecular complexity index is 228. The van der Waals surface area contributed by atoms with Gasteiger partial charge in [-0.2, -0.15) is 4.99 Å². The molecule has 1 aromatic heterocycles. The summed E-state index contributed by atoms with van der Waals surface area (Å²) >= 11 is 4.33. The summed E-state index contributed by atoms with van der Waals surface area (Å²) in [6, 6.07) is 1.59. The lowest BCUT2D eigenvalue weighted by molar-refractivity contribution is 0.866. The predicted octanol–water partition coefficient (Wildman–Crippen LogP) is 0.606. The van der Waals surface area contributed by atoms with E-state index >= 15 is 0 Å². The van der Waals surface area contributed by atoms with Gasteiger partial charge in [-0.3, -0.25) is 0 Å². The number of hydrogen-bond acceptors (Lipinski definition) is 5. The highest BCUT2D eigenvalue weighted by molar-refractivity contribution is 7.78. The zero-order valence-corrected chi connectivity index (χ0v) is 5.17. The van der Waals surface area contributed by atoms with Gasteiger partial charge in [-0.25, -0.2) is 0 Å². The molecular formula is C4H2N4S. The SMILES string of the molecule is S=C=Nc1ccnnn1. The van der Waals surface area contributed by atoms with Crippen LogP contribution in [0.5, 0.6) is 0 Å². The minimum atomic E-state index is 0.431. The molecule has 0 unspecified atom stereocenters. The van der Waals surface area contributed by atoms with Crippen molar-refractivity contribution in [2.45, 2.75) is 0 Å². The van der Waals surface area contributed by atoms with Crippen molar-refractivity contribution in [3.8, 4) is 0 Å². The number of aliphatic imine (C=N–C) groups is 1. The van der Waals surface area contributed by atoms with E-state index in [-0.39, 0.29) is 0 Å². The van der Waals surface area contributed by atoms with Gasteiger partial charge in [0.1, 0.15) is 0 Å². The zero-order valence-electron chi connectivity index (χ0n) is 4.35. The van der Waals surface area contributed by atoms with Gasteiger partial charge >= 0.3 is 0 Å². The molecule has 0 aliphatic carbocycles. The van der Waals surface area contributed by atoms with Crippen molar-refractivity contribution in [2.24, 2.45) is 4.99 Å². The van der Waals surface area contributed by atoms with Gasteiger partial charge in [0.2, 0.25) is 0 Å². The van der Waals surface area contributed by atoms with Crippen LogP contribution in [0.3, 0.4) is 0 Å². The van der Waals surface area contributed by atoms with E-state index in [2.05, 4.69) is 37.8 Å². The van der Waals surface area contributed by atoms with Crippen LogP contribution in [-0.4, -0.2) is 20.6 Å². The summed E-state index contributed by atoms with van der Waals surface area (Å²) in [6.07, 6.45) is 1.48. The highest BCUT2D eigenvalue weighted by Gasteiger charge is 1.83. The normalized spacial score (nSPS) is 8.00. The number of isothiocyanates is 1. The molecular weight excluding hydrogens is 136 g/mol. The van der Waals surface area contributed by atoms with Crippen LogP contribution in [0.15, 0.2) is 17.3 Å². The summed E-state index contributed by atoms with van der Waals surface area (Å²) in [7, 11) is 0. The van der Waals surface area contributed by atoms with E-state index in [0.717, 1.165) is 0 Å². The third kappa shape index (κ3) is 1.64. The number of aromatic nitrogens is 3. The van der Waals surface area contributed by atoms with E-state index in [1.165, 1.54) is 6.20 Å². The van der Waals surface area contributed by atoms with E-state index in [4.69, 9.17) is 0 Å². The highest BCUT2D eigenvalue weighted by Crippen LogP contribution is 1.98. The Morgan fingerprint density at radius 3 is 3.11 bits per heavy atom. The standard InChI is InChI=1S/C4H2N4S/c9-3-5-4-1-2-6-8-7-4/h1-2H. The Morgan fingerprint density at radius 2 is 2.56 bits per heavy atom. The van der Waals surface area contributed by atoms with Gasteiger partial charge in [0.05, 0.1) is 11.4 Å². The van der Waals surface area contributed by atoms with Gasteiger partial charge in [0.25, 0.3) is 0 Å². The zero-order chi connectivity index (χ0) is 6.53. The molecule has 0 atom stereocenters. The molecule has 5 heteroatoms. The van der Waals surface area contributed by atoms with Gasteiger partial charge in [-0.15, -0.1) is 10.2 Å². The lowest BCUT2D eigenvalue weighted by Crippen LogP contribution is -1.81. The molecule has 1 heterocycles. The molecule has 0 radical (unpaired) electrons. The molecule has 4 nitrogen and oxygen atoms in total. The average molecular weight is 138 g/mol.